The first-order chi connectivity index (χ1) is 26.3. The molecule has 10 nitrogen and oxygen atoms in total. The Labute approximate surface area is 328 Å². The van der Waals surface area contributed by atoms with E-state index in [9.17, 15) is 19.0 Å². The van der Waals surface area contributed by atoms with Gasteiger partial charge in [0.15, 0.2) is 6.10 Å². The zero-order valence-electron chi connectivity index (χ0n) is 33.9. The molecule has 0 spiro atoms. The van der Waals surface area contributed by atoms with Crippen LogP contribution in [0.3, 0.4) is 0 Å². The molecule has 312 valence electrons. The van der Waals surface area contributed by atoms with Crippen molar-refractivity contribution >= 4 is 19.8 Å². The second-order valence-corrected chi connectivity index (χ2v) is 15.7. The van der Waals surface area contributed by atoms with Crippen molar-refractivity contribution in [2.45, 2.75) is 186 Å². The molecule has 1 rings (SSSR count). The summed E-state index contributed by atoms with van der Waals surface area (Å²) in [5.74, 6) is -0.912. The van der Waals surface area contributed by atoms with Gasteiger partial charge in [-0.25, -0.2) is 4.57 Å². The molecule has 3 N–H and O–H groups in total. The Morgan fingerprint density at radius 3 is 1.81 bits per heavy atom. The minimum atomic E-state index is -4.39. The smallest absolute Gasteiger partial charge is 0.462 e. The molecular formula is C43H76NO9P. The normalized spacial score (nSPS) is 17.6. The van der Waals surface area contributed by atoms with Crippen LogP contribution in [0, 0.1) is 0 Å². The molecule has 0 aromatic heterocycles. The Morgan fingerprint density at radius 2 is 1.15 bits per heavy atom. The van der Waals surface area contributed by atoms with Crippen LogP contribution >= 0.6 is 7.82 Å². The summed E-state index contributed by atoms with van der Waals surface area (Å²) in [4.78, 5) is 34.8. The van der Waals surface area contributed by atoms with E-state index in [2.05, 4.69) is 56.4 Å². The lowest BCUT2D eigenvalue weighted by Gasteiger charge is -2.19. The SMILES string of the molecule is CCCCC/C=C\CC1OC1C/C=C\C/C=C\CCCC(=O)OC[C@H](COP(=O)(O)OCCN)OC(=O)CCCCCCC/C=C\CCCCCCCC. The highest BCUT2D eigenvalue weighted by atomic mass is 31.2. The molecule has 54 heavy (non-hydrogen) atoms. The fraction of sp³-hybridized carbons (Fsp3) is 0.767. The van der Waals surface area contributed by atoms with Crippen molar-refractivity contribution in [2.75, 3.05) is 26.4 Å². The summed E-state index contributed by atoms with van der Waals surface area (Å²) in [6.07, 6.45) is 41.7. The third kappa shape index (κ3) is 32.2. The van der Waals surface area contributed by atoms with Gasteiger partial charge in [-0.2, -0.15) is 0 Å². The zero-order chi connectivity index (χ0) is 39.4. The van der Waals surface area contributed by atoms with Gasteiger partial charge in [-0.15, -0.1) is 0 Å². The van der Waals surface area contributed by atoms with Gasteiger partial charge in [0.25, 0.3) is 0 Å². The molecular weight excluding hydrogens is 705 g/mol. The van der Waals surface area contributed by atoms with E-state index in [-0.39, 0.29) is 32.6 Å². The van der Waals surface area contributed by atoms with Crippen molar-refractivity contribution in [3.8, 4) is 0 Å². The maximum Gasteiger partial charge on any atom is 0.472 e. The van der Waals surface area contributed by atoms with Crippen molar-refractivity contribution < 1.29 is 42.3 Å². The van der Waals surface area contributed by atoms with E-state index in [1.807, 2.05) is 6.08 Å². The Hall–Kier alpha value is -2.07. The van der Waals surface area contributed by atoms with Crippen LogP contribution in [0.15, 0.2) is 48.6 Å². The van der Waals surface area contributed by atoms with E-state index >= 15 is 0 Å². The van der Waals surface area contributed by atoms with Crippen LogP contribution in [-0.4, -0.2) is 61.5 Å². The number of nitrogens with two attached hydrogens (primary N) is 1. The number of phosphoric ester groups is 1. The number of epoxide rings is 1. The molecule has 1 aliphatic rings. The molecule has 1 fully saturated rings. The molecule has 1 heterocycles. The molecule has 0 radical (unpaired) electrons. The summed E-state index contributed by atoms with van der Waals surface area (Å²) in [6.45, 7) is 3.60. The average Bonchev–Trinajstić information content (AvgIpc) is 3.91. The summed E-state index contributed by atoms with van der Waals surface area (Å²) in [6, 6.07) is 0. The Balaban J connectivity index is 2.24. The Bertz CT molecular complexity index is 1090. The van der Waals surface area contributed by atoms with Crippen LogP contribution in [0.4, 0.5) is 0 Å². The largest absolute Gasteiger partial charge is 0.472 e. The molecule has 11 heteroatoms. The topological polar surface area (TPSA) is 147 Å². The van der Waals surface area contributed by atoms with Gasteiger partial charge in [0.05, 0.1) is 25.4 Å². The predicted octanol–water partition coefficient (Wildman–Crippen LogP) is 10.9. The Kier molecular flexibility index (Phi) is 32.7. The fourth-order valence-corrected chi connectivity index (χ4v) is 6.54. The van der Waals surface area contributed by atoms with Crippen molar-refractivity contribution in [1.82, 2.24) is 0 Å². The first kappa shape index (κ1) is 49.9. The number of esters is 2. The maximum atomic E-state index is 12.6. The lowest BCUT2D eigenvalue weighted by molar-refractivity contribution is -0.161. The van der Waals surface area contributed by atoms with Gasteiger partial charge in [0, 0.05) is 19.4 Å². The van der Waals surface area contributed by atoms with E-state index < -0.39 is 32.5 Å². The second kappa shape index (κ2) is 35.4. The van der Waals surface area contributed by atoms with Crippen LogP contribution in [-0.2, 0) is 37.4 Å². The lowest BCUT2D eigenvalue weighted by atomic mass is 10.1. The molecule has 0 aromatic rings. The molecule has 0 aromatic carbocycles. The van der Waals surface area contributed by atoms with E-state index in [1.165, 1.54) is 64.2 Å². The zero-order valence-corrected chi connectivity index (χ0v) is 34.8. The van der Waals surface area contributed by atoms with Gasteiger partial charge < -0.3 is 24.8 Å². The second-order valence-electron chi connectivity index (χ2n) is 14.2. The summed E-state index contributed by atoms with van der Waals surface area (Å²) in [7, 11) is -4.39. The van der Waals surface area contributed by atoms with Crippen LogP contribution in [0.5, 0.6) is 0 Å². The number of hydrogen-bond acceptors (Lipinski definition) is 9. The number of rotatable bonds is 38. The number of phosphoric acid groups is 1. The van der Waals surface area contributed by atoms with Crippen molar-refractivity contribution in [3.05, 3.63) is 48.6 Å². The van der Waals surface area contributed by atoms with Crippen molar-refractivity contribution in [3.63, 3.8) is 0 Å². The minimum absolute atomic E-state index is 0.0413. The molecule has 3 unspecified atom stereocenters. The third-order valence-electron chi connectivity index (χ3n) is 9.09. The highest BCUT2D eigenvalue weighted by Gasteiger charge is 2.36. The van der Waals surface area contributed by atoms with Gasteiger partial charge >= 0.3 is 19.8 Å². The fourth-order valence-electron chi connectivity index (χ4n) is 5.78. The summed E-state index contributed by atoms with van der Waals surface area (Å²) >= 11 is 0. The van der Waals surface area contributed by atoms with E-state index in [0.717, 1.165) is 64.2 Å². The number of hydrogen-bond donors (Lipinski definition) is 2. The number of allylic oxidation sites excluding steroid dienone is 6. The third-order valence-corrected chi connectivity index (χ3v) is 10.1. The number of unbranched alkanes of at least 4 members (excludes halogenated alkanes) is 15. The predicted molar refractivity (Wildman–Crippen MR) is 219 cm³/mol. The van der Waals surface area contributed by atoms with Crippen LogP contribution in [0.2, 0.25) is 0 Å². The highest BCUT2D eigenvalue weighted by Crippen LogP contribution is 2.43. The molecule has 1 saturated heterocycles. The van der Waals surface area contributed by atoms with Crippen LogP contribution in [0.25, 0.3) is 0 Å². The molecule has 0 saturated carbocycles. The summed E-state index contributed by atoms with van der Waals surface area (Å²) in [5, 5.41) is 0. The number of ether oxygens (including phenoxy) is 3. The van der Waals surface area contributed by atoms with E-state index in [4.69, 9.17) is 29.0 Å². The highest BCUT2D eigenvalue weighted by molar-refractivity contribution is 7.47. The van der Waals surface area contributed by atoms with Crippen LogP contribution < -0.4 is 5.73 Å². The molecule has 0 aliphatic carbocycles. The average molecular weight is 782 g/mol. The monoisotopic (exact) mass is 782 g/mol. The first-order valence-corrected chi connectivity index (χ1v) is 22.7. The number of carbonyl (C=O) groups is 2. The summed E-state index contributed by atoms with van der Waals surface area (Å²) < 4.78 is 38.4. The molecule has 0 amide bonds. The van der Waals surface area contributed by atoms with Gasteiger partial charge in [-0.3, -0.25) is 18.6 Å². The Morgan fingerprint density at radius 1 is 0.648 bits per heavy atom. The molecule has 0 bridgehead atoms. The van der Waals surface area contributed by atoms with Crippen molar-refractivity contribution in [1.29, 1.82) is 0 Å². The lowest BCUT2D eigenvalue weighted by Crippen LogP contribution is -2.29. The minimum Gasteiger partial charge on any atom is -0.462 e. The van der Waals surface area contributed by atoms with Crippen molar-refractivity contribution in [2.24, 2.45) is 5.73 Å². The molecule has 1 aliphatic heterocycles. The van der Waals surface area contributed by atoms with Gasteiger partial charge in [-0.1, -0.05) is 127 Å². The summed E-state index contributed by atoms with van der Waals surface area (Å²) in [5.41, 5.74) is 5.34. The van der Waals surface area contributed by atoms with Gasteiger partial charge in [0.2, 0.25) is 0 Å². The quantitative estimate of drug-likeness (QED) is 0.0204. The van der Waals surface area contributed by atoms with E-state index in [1.54, 1.807) is 0 Å². The first-order valence-electron chi connectivity index (χ1n) is 21.2. The maximum absolute atomic E-state index is 12.6. The van der Waals surface area contributed by atoms with Gasteiger partial charge in [-0.05, 0) is 77.0 Å². The van der Waals surface area contributed by atoms with Gasteiger partial charge in [0.1, 0.15) is 6.61 Å². The standard InChI is InChI=1S/C43H76NO9P/c1-3-5-7-9-11-12-13-14-15-16-17-18-21-26-30-34-43(46)52-39(38-51-54(47,48)50-36-35-44)37-49-42(45)33-29-25-22-19-20-24-28-32-41-40(53-41)31-27-23-10-8-6-4-2/h14-15,19,22-24,27-28,39-41H,3-13,16-18,20-21,25-26,29-38,44H2,1-2H3,(H,47,48)/b15-14-,22-19-,27-23-,28-24-/t39-,40?,41?/m1/s1. The van der Waals surface area contributed by atoms with E-state index in [0.29, 0.717) is 25.0 Å². The molecule has 4 atom stereocenters. The number of carbonyl (C=O) groups excluding carboxylic acids is 2. The van der Waals surface area contributed by atoms with Crippen LogP contribution in [0.1, 0.15) is 168 Å².